The van der Waals surface area contributed by atoms with Crippen LogP contribution in [-0.4, -0.2) is 11.8 Å². The molecule has 1 nitrogen and oxygen atoms in total. The first-order valence-electron chi connectivity index (χ1n) is 5.87. The summed E-state index contributed by atoms with van der Waals surface area (Å²) in [6.07, 6.45) is 0. The van der Waals surface area contributed by atoms with Crippen molar-refractivity contribution in [3.63, 3.8) is 0 Å². The lowest BCUT2D eigenvalue weighted by Gasteiger charge is -2.26. The van der Waals surface area contributed by atoms with Crippen molar-refractivity contribution in [3.05, 3.63) is 35.4 Å². The van der Waals surface area contributed by atoms with Crippen molar-refractivity contribution < 1.29 is 0 Å². The van der Waals surface area contributed by atoms with Crippen molar-refractivity contribution in [1.82, 2.24) is 4.72 Å². The summed E-state index contributed by atoms with van der Waals surface area (Å²) in [5.41, 5.74) is 2.91. The van der Waals surface area contributed by atoms with E-state index in [9.17, 15) is 0 Å². The maximum atomic E-state index is 3.45. The maximum absolute atomic E-state index is 3.45. The van der Waals surface area contributed by atoms with Gasteiger partial charge in [-0.2, -0.15) is 0 Å². The predicted molar refractivity (Wildman–Crippen MR) is 74.9 cm³/mol. The van der Waals surface area contributed by atoms with Gasteiger partial charge in [-0.3, -0.25) is 4.72 Å². The molecule has 0 atom stereocenters. The van der Waals surface area contributed by atoms with Crippen LogP contribution in [0.4, 0.5) is 0 Å². The van der Waals surface area contributed by atoms with Crippen LogP contribution in [0.1, 0.15) is 38.8 Å². The molecule has 16 heavy (non-hydrogen) atoms. The number of rotatable bonds is 5. The minimum atomic E-state index is 0.190. The molecule has 90 valence electrons. The SMILES string of the molecule is Cc1ccc(C(C)(C)CNSC(C)C)cc1. The lowest BCUT2D eigenvalue weighted by atomic mass is 9.84. The molecule has 0 spiro atoms. The van der Waals surface area contributed by atoms with Gasteiger partial charge < -0.3 is 0 Å². The highest BCUT2D eigenvalue weighted by atomic mass is 32.2. The van der Waals surface area contributed by atoms with Crippen LogP contribution in [0.15, 0.2) is 24.3 Å². The molecule has 0 saturated heterocycles. The molecule has 0 aliphatic rings. The van der Waals surface area contributed by atoms with Gasteiger partial charge in [0.25, 0.3) is 0 Å². The molecule has 2 heteroatoms. The first kappa shape index (κ1) is 13.6. The molecule has 1 N–H and O–H groups in total. The standard InChI is InChI=1S/C14H23NS/c1-11(2)16-15-10-14(4,5)13-8-6-12(3)7-9-13/h6-9,11,15H,10H2,1-5H3. The lowest BCUT2D eigenvalue weighted by Crippen LogP contribution is -2.30. The summed E-state index contributed by atoms with van der Waals surface area (Å²) in [5, 5.41) is 0.633. The summed E-state index contributed by atoms with van der Waals surface area (Å²) < 4.78 is 3.45. The van der Waals surface area contributed by atoms with Crippen molar-refractivity contribution in [2.75, 3.05) is 6.54 Å². The van der Waals surface area contributed by atoms with Gasteiger partial charge in [-0.15, -0.1) is 0 Å². The Morgan fingerprint density at radius 2 is 1.75 bits per heavy atom. The first-order chi connectivity index (χ1) is 7.42. The van der Waals surface area contributed by atoms with E-state index in [1.54, 1.807) is 11.9 Å². The molecule has 0 aliphatic carbocycles. The Kier molecular flexibility index (Phi) is 4.88. The van der Waals surface area contributed by atoms with E-state index >= 15 is 0 Å². The monoisotopic (exact) mass is 237 g/mol. The molecule has 0 radical (unpaired) electrons. The molecule has 0 heterocycles. The third-order valence-corrected chi connectivity index (χ3v) is 3.45. The highest BCUT2D eigenvalue weighted by Crippen LogP contribution is 2.23. The fourth-order valence-corrected chi connectivity index (χ4v) is 2.27. The van der Waals surface area contributed by atoms with Crippen LogP contribution in [0.5, 0.6) is 0 Å². The Bertz CT molecular complexity index is 314. The van der Waals surface area contributed by atoms with E-state index in [1.807, 2.05) is 0 Å². The van der Waals surface area contributed by atoms with Crippen molar-refractivity contribution >= 4 is 11.9 Å². The topological polar surface area (TPSA) is 12.0 Å². The van der Waals surface area contributed by atoms with Crippen LogP contribution in [-0.2, 0) is 5.41 Å². The highest BCUT2D eigenvalue weighted by Gasteiger charge is 2.19. The summed E-state index contributed by atoms with van der Waals surface area (Å²) in [7, 11) is 0. The van der Waals surface area contributed by atoms with Gasteiger partial charge in [-0.1, -0.05) is 69.5 Å². The van der Waals surface area contributed by atoms with E-state index in [4.69, 9.17) is 0 Å². The van der Waals surface area contributed by atoms with E-state index in [-0.39, 0.29) is 5.41 Å². The highest BCUT2D eigenvalue weighted by molar-refractivity contribution is 7.97. The summed E-state index contributed by atoms with van der Waals surface area (Å²) in [4.78, 5) is 0. The smallest absolute Gasteiger partial charge is 0.0150 e. The van der Waals surface area contributed by atoms with Gasteiger partial charge in [0.05, 0.1) is 0 Å². The van der Waals surface area contributed by atoms with E-state index < -0.39 is 0 Å². The Balaban J connectivity index is 2.59. The van der Waals surface area contributed by atoms with Gasteiger partial charge in [-0.05, 0) is 12.5 Å². The third-order valence-electron chi connectivity index (χ3n) is 2.67. The lowest BCUT2D eigenvalue weighted by molar-refractivity contribution is 0.522. The summed E-state index contributed by atoms with van der Waals surface area (Å²) in [6, 6.07) is 8.84. The number of hydrogen-bond donors (Lipinski definition) is 1. The van der Waals surface area contributed by atoms with Gasteiger partial charge in [0.1, 0.15) is 0 Å². The largest absolute Gasteiger partial charge is 0.263 e. The molecule has 0 fully saturated rings. The maximum Gasteiger partial charge on any atom is 0.0150 e. The second kappa shape index (κ2) is 5.74. The van der Waals surface area contributed by atoms with Crippen molar-refractivity contribution in [3.8, 4) is 0 Å². The predicted octanol–water partition coefficient (Wildman–Crippen LogP) is 3.92. The molecule has 0 amide bonds. The second-order valence-corrected chi connectivity index (χ2v) is 6.70. The fraction of sp³-hybridized carbons (Fsp3) is 0.571. The van der Waals surface area contributed by atoms with Gasteiger partial charge in [0.15, 0.2) is 0 Å². The van der Waals surface area contributed by atoms with E-state index in [0.29, 0.717) is 5.25 Å². The molecule has 1 aromatic rings. The van der Waals surface area contributed by atoms with Crippen LogP contribution in [0.2, 0.25) is 0 Å². The Labute approximate surface area is 104 Å². The summed E-state index contributed by atoms with van der Waals surface area (Å²) in [6.45, 7) is 12.1. The molecule has 0 bridgehead atoms. The fourth-order valence-electron chi connectivity index (χ4n) is 1.50. The molecule has 0 saturated carbocycles. The van der Waals surface area contributed by atoms with Crippen molar-refractivity contribution in [2.24, 2.45) is 0 Å². The number of hydrogen-bond acceptors (Lipinski definition) is 2. The van der Waals surface area contributed by atoms with Gasteiger partial charge in [0, 0.05) is 17.2 Å². The van der Waals surface area contributed by atoms with Gasteiger partial charge >= 0.3 is 0 Å². The number of nitrogens with one attached hydrogen (secondary N) is 1. The van der Waals surface area contributed by atoms with Crippen LogP contribution in [0, 0.1) is 6.92 Å². The normalized spacial score (nSPS) is 12.1. The molecule has 0 aliphatic heterocycles. The van der Waals surface area contributed by atoms with Crippen LogP contribution in [0.25, 0.3) is 0 Å². The van der Waals surface area contributed by atoms with Crippen LogP contribution in [0.3, 0.4) is 0 Å². The zero-order chi connectivity index (χ0) is 12.2. The summed E-state index contributed by atoms with van der Waals surface area (Å²) >= 11 is 1.81. The van der Waals surface area contributed by atoms with Crippen LogP contribution >= 0.6 is 11.9 Å². The average Bonchev–Trinajstić information content (AvgIpc) is 2.17. The van der Waals surface area contributed by atoms with Gasteiger partial charge in [0.2, 0.25) is 0 Å². The van der Waals surface area contributed by atoms with E-state index in [0.717, 1.165) is 6.54 Å². The Morgan fingerprint density at radius 3 is 2.25 bits per heavy atom. The first-order valence-corrected chi connectivity index (χ1v) is 6.75. The van der Waals surface area contributed by atoms with Crippen molar-refractivity contribution in [1.29, 1.82) is 0 Å². The molecular formula is C14H23NS. The second-order valence-electron chi connectivity index (χ2n) is 5.24. The molecule has 1 aromatic carbocycles. The minimum absolute atomic E-state index is 0.190. The Morgan fingerprint density at radius 1 is 1.19 bits per heavy atom. The Hall–Kier alpha value is -0.470. The molecule has 1 rings (SSSR count). The quantitative estimate of drug-likeness (QED) is 0.779. The third kappa shape index (κ3) is 4.18. The van der Waals surface area contributed by atoms with Gasteiger partial charge in [-0.25, -0.2) is 0 Å². The number of aryl methyl sites for hydroxylation is 1. The van der Waals surface area contributed by atoms with E-state index in [2.05, 4.69) is 63.6 Å². The summed E-state index contributed by atoms with van der Waals surface area (Å²) in [5.74, 6) is 0. The number of benzene rings is 1. The molecule has 0 aromatic heterocycles. The molecular weight excluding hydrogens is 214 g/mol. The zero-order valence-electron chi connectivity index (χ0n) is 11.0. The van der Waals surface area contributed by atoms with E-state index in [1.165, 1.54) is 11.1 Å². The van der Waals surface area contributed by atoms with Crippen LogP contribution < -0.4 is 4.72 Å². The zero-order valence-corrected chi connectivity index (χ0v) is 11.8. The van der Waals surface area contributed by atoms with Crippen molar-refractivity contribution in [2.45, 2.75) is 45.3 Å². The average molecular weight is 237 g/mol. The minimum Gasteiger partial charge on any atom is -0.263 e. The molecule has 0 unspecified atom stereocenters.